The zero-order valence-corrected chi connectivity index (χ0v) is 13.8. The van der Waals surface area contributed by atoms with Crippen LogP contribution in [0.3, 0.4) is 0 Å². The molecule has 0 aliphatic rings. The summed E-state index contributed by atoms with van der Waals surface area (Å²) in [4.78, 5) is 11.3. The van der Waals surface area contributed by atoms with Gasteiger partial charge in [0.25, 0.3) is 0 Å². The van der Waals surface area contributed by atoms with E-state index in [4.69, 9.17) is 0 Å². The number of hydrogen-bond acceptors (Lipinski definition) is 4. The molecule has 1 rings (SSSR count). The summed E-state index contributed by atoms with van der Waals surface area (Å²) in [5.41, 5.74) is 1.14. The van der Waals surface area contributed by atoms with Crippen LogP contribution in [0.25, 0.3) is 0 Å². The zero-order valence-electron chi connectivity index (χ0n) is 12.9. The molecule has 0 saturated carbocycles. The summed E-state index contributed by atoms with van der Waals surface area (Å²) in [7, 11) is -0.160. The number of carbonyl (C=O) groups is 1. The largest absolute Gasteiger partial charge is 0.326 e. The van der Waals surface area contributed by atoms with Crippen LogP contribution in [-0.2, 0) is 14.8 Å². The Morgan fingerprint density at radius 2 is 2.00 bits per heavy atom. The summed E-state index contributed by atoms with van der Waals surface area (Å²) in [5, 5.41) is 5.59. The highest BCUT2D eigenvalue weighted by Gasteiger charge is 2.22. The topological polar surface area (TPSA) is 78.5 Å². The SMILES string of the molecule is CNCCCN(C)S(=O)(=O)c1cc(NC(C)=O)ccc1C. The molecule has 7 heteroatoms. The lowest BCUT2D eigenvalue weighted by molar-refractivity contribution is -0.114. The van der Waals surface area contributed by atoms with Crippen molar-refractivity contribution in [1.82, 2.24) is 9.62 Å². The van der Waals surface area contributed by atoms with Gasteiger partial charge < -0.3 is 10.6 Å². The Bertz CT molecular complexity index is 599. The first-order valence-corrected chi connectivity index (χ1v) is 8.22. The molecule has 0 atom stereocenters. The molecule has 1 amide bonds. The van der Waals surface area contributed by atoms with Crippen LogP contribution in [0.4, 0.5) is 5.69 Å². The lowest BCUT2D eigenvalue weighted by Crippen LogP contribution is -2.30. The Morgan fingerprint density at radius 3 is 2.57 bits per heavy atom. The van der Waals surface area contributed by atoms with E-state index in [1.807, 2.05) is 7.05 Å². The first-order valence-electron chi connectivity index (χ1n) is 6.78. The highest BCUT2D eigenvalue weighted by Crippen LogP contribution is 2.23. The van der Waals surface area contributed by atoms with E-state index in [0.717, 1.165) is 13.0 Å². The van der Waals surface area contributed by atoms with E-state index < -0.39 is 10.0 Å². The fourth-order valence-corrected chi connectivity index (χ4v) is 3.38. The van der Waals surface area contributed by atoms with Crippen molar-refractivity contribution in [3.63, 3.8) is 0 Å². The van der Waals surface area contributed by atoms with Gasteiger partial charge in [-0.15, -0.1) is 0 Å². The lowest BCUT2D eigenvalue weighted by atomic mass is 10.2. The second-order valence-corrected chi connectivity index (χ2v) is 6.96. The molecule has 0 aliphatic heterocycles. The minimum absolute atomic E-state index is 0.223. The molecule has 0 spiro atoms. The average molecular weight is 313 g/mol. The van der Waals surface area contributed by atoms with Crippen LogP contribution >= 0.6 is 0 Å². The molecule has 0 aromatic heterocycles. The molecule has 0 aliphatic carbocycles. The number of sulfonamides is 1. The molecule has 0 unspecified atom stereocenters. The van der Waals surface area contributed by atoms with Gasteiger partial charge in [-0.2, -0.15) is 0 Å². The van der Waals surface area contributed by atoms with Crippen LogP contribution in [0.15, 0.2) is 23.1 Å². The van der Waals surface area contributed by atoms with Crippen molar-refractivity contribution in [2.75, 3.05) is 32.5 Å². The van der Waals surface area contributed by atoms with Crippen molar-refractivity contribution in [2.24, 2.45) is 0 Å². The van der Waals surface area contributed by atoms with Crippen LogP contribution in [0.2, 0.25) is 0 Å². The molecule has 118 valence electrons. The Labute approximate surface area is 126 Å². The molecule has 2 N–H and O–H groups in total. The van der Waals surface area contributed by atoms with E-state index in [-0.39, 0.29) is 10.8 Å². The number of benzene rings is 1. The van der Waals surface area contributed by atoms with Gasteiger partial charge >= 0.3 is 0 Å². The summed E-state index contributed by atoms with van der Waals surface area (Å²) in [6.45, 7) is 4.32. The highest BCUT2D eigenvalue weighted by atomic mass is 32.2. The monoisotopic (exact) mass is 313 g/mol. The van der Waals surface area contributed by atoms with E-state index in [1.54, 1.807) is 26.1 Å². The Kier molecular flexibility index (Phi) is 6.32. The second kappa shape index (κ2) is 7.53. The molecule has 6 nitrogen and oxygen atoms in total. The maximum atomic E-state index is 12.6. The maximum absolute atomic E-state index is 12.6. The van der Waals surface area contributed by atoms with Crippen LogP contribution in [0.5, 0.6) is 0 Å². The van der Waals surface area contributed by atoms with Crippen molar-refractivity contribution < 1.29 is 13.2 Å². The number of carbonyl (C=O) groups excluding carboxylic acids is 1. The van der Waals surface area contributed by atoms with E-state index >= 15 is 0 Å². The van der Waals surface area contributed by atoms with Crippen molar-refractivity contribution >= 4 is 21.6 Å². The van der Waals surface area contributed by atoms with Gasteiger partial charge in [0.05, 0.1) is 4.90 Å². The number of nitrogens with zero attached hydrogens (tertiary/aromatic N) is 1. The molecular formula is C14H23N3O3S. The summed E-state index contributed by atoms with van der Waals surface area (Å²) in [5.74, 6) is -0.232. The molecule has 21 heavy (non-hydrogen) atoms. The first-order chi connectivity index (χ1) is 9.78. The van der Waals surface area contributed by atoms with Gasteiger partial charge in [0.1, 0.15) is 0 Å². The van der Waals surface area contributed by atoms with E-state index in [0.29, 0.717) is 17.8 Å². The Morgan fingerprint density at radius 1 is 1.33 bits per heavy atom. The predicted octanol–water partition coefficient (Wildman–Crippen LogP) is 1.18. The normalized spacial score (nSPS) is 11.7. The predicted molar refractivity (Wildman–Crippen MR) is 83.8 cm³/mol. The fourth-order valence-electron chi connectivity index (χ4n) is 1.93. The third-order valence-corrected chi connectivity index (χ3v) is 5.10. The average Bonchev–Trinajstić information content (AvgIpc) is 2.40. The standard InChI is InChI=1S/C14H23N3O3S/c1-11-6-7-13(16-12(2)18)10-14(11)21(19,20)17(4)9-5-8-15-3/h6-7,10,15H,5,8-9H2,1-4H3,(H,16,18). The van der Waals surface area contributed by atoms with Gasteiger partial charge in [-0.05, 0) is 44.6 Å². The molecule has 0 radical (unpaired) electrons. The van der Waals surface area contributed by atoms with E-state index in [9.17, 15) is 13.2 Å². The van der Waals surface area contributed by atoms with Crippen molar-refractivity contribution in [3.8, 4) is 0 Å². The minimum atomic E-state index is -3.55. The summed E-state index contributed by atoms with van der Waals surface area (Å²) < 4.78 is 26.5. The first kappa shape index (κ1) is 17.6. The number of rotatable bonds is 7. The van der Waals surface area contributed by atoms with E-state index in [1.165, 1.54) is 17.3 Å². The van der Waals surface area contributed by atoms with Gasteiger partial charge in [0, 0.05) is 26.2 Å². The van der Waals surface area contributed by atoms with E-state index in [2.05, 4.69) is 10.6 Å². The van der Waals surface area contributed by atoms with Crippen molar-refractivity contribution in [2.45, 2.75) is 25.2 Å². The third kappa shape index (κ3) is 4.80. The summed E-state index contributed by atoms with van der Waals surface area (Å²) in [6.07, 6.45) is 0.733. The molecule has 1 aromatic carbocycles. The van der Waals surface area contributed by atoms with Gasteiger partial charge in [0.2, 0.25) is 15.9 Å². The highest BCUT2D eigenvalue weighted by molar-refractivity contribution is 7.89. The van der Waals surface area contributed by atoms with Gasteiger partial charge in [0.15, 0.2) is 0 Å². The smallest absolute Gasteiger partial charge is 0.243 e. The Balaban J connectivity index is 3.03. The minimum Gasteiger partial charge on any atom is -0.326 e. The number of aryl methyl sites for hydroxylation is 1. The molecule has 0 saturated heterocycles. The molecular weight excluding hydrogens is 290 g/mol. The van der Waals surface area contributed by atoms with Crippen molar-refractivity contribution in [1.29, 1.82) is 0 Å². The number of amides is 1. The third-order valence-electron chi connectivity index (χ3n) is 3.10. The molecule has 0 bridgehead atoms. The second-order valence-electron chi connectivity index (χ2n) is 4.95. The summed E-state index contributed by atoms with van der Waals surface area (Å²) >= 11 is 0. The lowest BCUT2D eigenvalue weighted by Gasteiger charge is -2.19. The van der Waals surface area contributed by atoms with Gasteiger partial charge in [-0.25, -0.2) is 12.7 Å². The van der Waals surface area contributed by atoms with Gasteiger partial charge in [-0.3, -0.25) is 4.79 Å². The quantitative estimate of drug-likeness (QED) is 0.741. The summed E-state index contributed by atoms with van der Waals surface area (Å²) in [6, 6.07) is 4.89. The number of nitrogens with one attached hydrogen (secondary N) is 2. The molecule has 1 aromatic rings. The van der Waals surface area contributed by atoms with Crippen LogP contribution in [0.1, 0.15) is 18.9 Å². The molecule has 0 fully saturated rings. The molecule has 0 heterocycles. The van der Waals surface area contributed by atoms with Crippen LogP contribution < -0.4 is 10.6 Å². The zero-order chi connectivity index (χ0) is 16.0. The Hall–Kier alpha value is -1.44. The van der Waals surface area contributed by atoms with Crippen LogP contribution in [-0.4, -0.2) is 45.8 Å². The van der Waals surface area contributed by atoms with Crippen LogP contribution in [0, 0.1) is 6.92 Å². The van der Waals surface area contributed by atoms with Crippen molar-refractivity contribution in [3.05, 3.63) is 23.8 Å². The maximum Gasteiger partial charge on any atom is 0.243 e. The number of anilines is 1. The fraction of sp³-hybridized carbons (Fsp3) is 0.500. The van der Waals surface area contributed by atoms with Gasteiger partial charge in [-0.1, -0.05) is 6.07 Å². The number of hydrogen-bond donors (Lipinski definition) is 2.